The van der Waals surface area contributed by atoms with E-state index < -0.39 is 47.7 Å². The Kier molecular flexibility index (Phi) is 10.8. The summed E-state index contributed by atoms with van der Waals surface area (Å²) in [5.74, 6) is 0. The fourth-order valence-corrected chi connectivity index (χ4v) is 1.77. The van der Waals surface area contributed by atoms with Gasteiger partial charge in [-0.2, -0.15) is 0 Å². The van der Waals surface area contributed by atoms with Crippen molar-refractivity contribution in [1.82, 2.24) is 0 Å². The monoisotopic (exact) mass is 304 g/mol. The zero-order valence-electron chi connectivity index (χ0n) is 9.79. The average Bonchev–Trinajstić information content (AvgIpc) is 2.17. The Morgan fingerprint density at radius 1 is 1.22 bits per heavy atom. The van der Waals surface area contributed by atoms with Crippen molar-refractivity contribution in [3.63, 3.8) is 0 Å². The van der Waals surface area contributed by atoms with Crippen LogP contribution in [-0.4, -0.2) is 65.6 Å². The van der Waals surface area contributed by atoms with E-state index in [0.29, 0.717) is 0 Å². The van der Waals surface area contributed by atoms with Crippen molar-refractivity contribution in [3.8, 4) is 0 Å². The number of ether oxygens (including phenoxy) is 1. The summed E-state index contributed by atoms with van der Waals surface area (Å²) >= 11 is 0. The van der Waals surface area contributed by atoms with E-state index in [1.165, 1.54) is 0 Å². The summed E-state index contributed by atoms with van der Waals surface area (Å²) in [6.45, 7) is -0.742. The van der Waals surface area contributed by atoms with Crippen LogP contribution in [0.5, 0.6) is 0 Å². The molecule has 0 aromatic heterocycles. The van der Waals surface area contributed by atoms with Crippen LogP contribution in [0.4, 0.5) is 0 Å². The second-order valence-corrected chi connectivity index (χ2v) is 4.18. The Morgan fingerprint density at radius 2 is 1.72 bits per heavy atom. The molecule has 18 heavy (non-hydrogen) atoms. The van der Waals surface area contributed by atoms with Gasteiger partial charge in [0.1, 0.15) is 24.4 Å². The van der Waals surface area contributed by atoms with E-state index in [4.69, 9.17) is 5.11 Å². The molecule has 0 amide bonds. The molecule has 1 heterocycles. The molecular weight excluding hydrogens is 294 g/mol. The zero-order chi connectivity index (χ0) is 12.5. The molecule has 0 spiro atoms. The van der Waals surface area contributed by atoms with Crippen molar-refractivity contribution in [3.05, 3.63) is 0 Å². The predicted octanol–water partition coefficient (Wildman–Crippen LogP) is -10.4. The van der Waals surface area contributed by atoms with E-state index >= 15 is 0 Å². The molecule has 9 nitrogen and oxygen atoms in total. The Morgan fingerprint density at radius 3 is 2.11 bits per heavy atom. The summed E-state index contributed by atoms with van der Waals surface area (Å²) in [6, 6.07) is 0. The van der Waals surface area contributed by atoms with Crippen LogP contribution in [0.1, 0.15) is 0 Å². The average molecular weight is 304 g/mol. The van der Waals surface area contributed by atoms with E-state index in [2.05, 4.69) is 8.92 Å². The van der Waals surface area contributed by atoms with E-state index in [-0.39, 0.29) is 59.1 Å². The number of hydrogen-bond donors (Lipinski definition) is 3. The van der Waals surface area contributed by atoms with Crippen molar-refractivity contribution in [2.45, 2.75) is 30.7 Å². The molecular formula is C6H10Na2O9S. The van der Waals surface area contributed by atoms with Gasteiger partial charge in [-0.15, -0.1) is 0 Å². The van der Waals surface area contributed by atoms with E-state index in [1.807, 2.05) is 0 Å². The Hall–Kier alpha value is 1.67. The topological polar surface area (TPSA) is 159 Å². The molecule has 1 saturated heterocycles. The van der Waals surface area contributed by atoms with Gasteiger partial charge in [0.15, 0.2) is 0 Å². The quantitative estimate of drug-likeness (QED) is 0.261. The van der Waals surface area contributed by atoms with Crippen molar-refractivity contribution in [1.29, 1.82) is 0 Å². The molecule has 0 aliphatic carbocycles. The molecule has 3 N–H and O–H groups in total. The predicted molar refractivity (Wildman–Crippen MR) is 42.3 cm³/mol. The summed E-state index contributed by atoms with van der Waals surface area (Å²) in [6.07, 6.45) is -9.25. The van der Waals surface area contributed by atoms with E-state index in [1.54, 1.807) is 0 Å². The summed E-state index contributed by atoms with van der Waals surface area (Å²) in [7, 11) is -5.20. The second kappa shape index (κ2) is 8.85. The maximum absolute atomic E-state index is 11.1. The number of aliphatic hydroxyl groups excluding tert-OH is 3. The van der Waals surface area contributed by atoms with Crippen molar-refractivity contribution in [2.24, 2.45) is 0 Å². The van der Waals surface area contributed by atoms with Crippen molar-refractivity contribution >= 4 is 10.4 Å². The molecule has 1 aliphatic heterocycles. The smallest absolute Gasteiger partial charge is 0.829 e. The second-order valence-electron chi connectivity index (χ2n) is 3.18. The van der Waals surface area contributed by atoms with Gasteiger partial charge in [-0.1, -0.05) is 0 Å². The molecule has 1 rings (SSSR count). The molecule has 0 unspecified atom stereocenters. The zero-order valence-corrected chi connectivity index (χ0v) is 14.6. The van der Waals surface area contributed by atoms with Crippen LogP contribution < -0.4 is 64.2 Å². The normalized spacial score (nSPS) is 36.4. The van der Waals surface area contributed by atoms with Gasteiger partial charge in [-0.25, -0.2) is 8.42 Å². The fourth-order valence-electron chi connectivity index (χ4n) is 1.29. The third-order valence-corrected chi connectivity index (χ3v) is 2.51. The summed E-state index contributed by atoms with van der Waals surface area (Å²) in [5.41, 5.74) is 0. The van der Waals surface area contributed by atoms with E-state index in [9.17, 15) is 28.3 Å². The molecule has 12 heteroatoms. The fraction of sp³-hybridized carbons (Fsp3) is 1.00. The summed E-state index contributed by atoms with van der Waals surface area (Å²) in [4.78, 5) is 0. The third kappa shape index (κ3) is 5.97. The molecule has 5 atom stereocenters. The molecule has 0 saturated carbocycles. The first-order valence-corrected chi connectivity index (χ1v) is 5.52. The molecule has 96 valence electrons. The van der Waals surface area contributed by atoms with Gasteiger partial charge >= 0.3 is 59.1 Å². The van der Waals surface area contributed by atoms with Gasteiger partial charge in [0.05, 0.1) is 6.61 Å². The van der Waals surface area contributed by atoms with Crippen LogP contribution >= 0.6 is 0 Å². The van der Waals surface area contributed by atoms with Crippen LogP contribution in [0, 0.1) is 0 Å². The van der Waals surface area contributed by atoms with Crippen LogP contribution in [0.15, 0.2) is 0 Å². The molecule has 0 aromatic carbocycles. The van der Waals surface area contributed by atoms with Gasteiger partial charge in [0, 0.05) is 6.29 Å². The van der Waals surface area contributed by atoms with Crippen LogP contribution in [-0.2, 0) is 19.3 Å². The molecule has 0 radical (unpaired) electrons. The standard InChI is InChI=1S/C6H11O9S.2Na/c7-1-2-3(8)4(9)5(6(10)14-2)15-16(11,12)13;;/h2-9H,1H2,(H,11,12,13);;/q-1;2*+1/p-1/t2-,3-,4+,5-,6-;;/m1../s1. The maximum Gasteiger partial charge on any atom is 1.00 e. The van der Waals surface area contributed by atoms with Gasteiger partial charge < -0.3 is 29.7 Å². The Balaban J connectivity index is 0. The van der Waals surface area contributed by atoms with Crippen molar-refractivity contribution < 1.29 is 101 Å². The SMILES string of the molecule is O=S(=O)([O-])O[C@@H]1[C@@H](O)[C@H](O)[C@@H](CO)O[C@H]1[O-].[Na+].[Na+]. The maximum atomic E-state index is 11.1. The van der Waals surface area contributed by atoms with Gasteiger partial charge in [-0.05, 0) is 0 Å². The number of hydrogen-bond acceptors (Lipinski definition) is 9. The van der Waals surface area contributed by atoms with Crippen LogP contribution in [0.2, 0.25) is 0 Å². The Labute approximate surface area is 148 Å². The van der Waals surface area contributed by atoms with Gasteiger partial charge in [0.2, 0.25) is 10.4 Å². The minimum atomic E-state index is -5.20. The molecule has 0 aromatic rings. The molecule has 1 fully saturated rings. The first kappa shape index (κ1) is 22.0. The number of rotatable bonds is 3. The van der Waals surface area contributed by atoms with E-state index in [0.717, 1.165) is 0 Å². The van der Waals surface area contributed by atoms with Gasteiger partial charge in [-0.3, -0.25) is 4.18 Å². The van der Waals surface area contributed by atoms with Crippen LogP contribution in [0.25, 0.3) is 0 Å². The first-order valence-electron chi connectivity index (χ1n) is 4.18. The number of aliphatic hydroxyl groups is 3. The first-order chi connectivity index (χ1) is 7.26. The minimum absolute atomic E-state index is 0. The van der Waals surface area contributed by atoms with Crippen molar-refractivity contribution in [2.75, 3.05) is 6.61 Å². The Bertz CT molecular complexity index is 336. The summed E-state index contributed by atoms with van der Waals surface area (Å²) < 4.78 is 38.9. The molecule has 1 aliphatic rings. The largest absolute Gasteiger partial charge is 1.00 e. The third-order valence-electron chi connectivity index (χ3n) is 2.05. The molecule has 0 bridgehead atoms. The minimum Gasteiger partial charge on any atom is -0.829 e. The van der Waals surface area contributed by atoms with Gasteiger partial charge in [0.25, 0.3) is 0 Å². The van der Waals surface area contributed by atoms with Crippen LogP contribution in [0.3, 0.4) is 0 Å². The summed E-state index contributed by atoms with van der Waals surface area (Å²) in [5, 5.41) is 38.4.